The van der Waals surface area contributed by atoms with Gasteiger partial charge in [-0.05, 0) is 6.92 Å². The number of aromatic nitrogens is 1. The molecule has 0 unspecified atom stereocenters. The molecule has 16 heavy (non-hydrogen) atoms. The minimum absolute atomic E-state index is 0.0356. The van der Waals surface area contributed by atoms with Crippen molar-refractivity contribution in [2.45, 2.75) is 19.6 Å². The van der Waals surface area contributed by atoms with E-state index in [1.165, 1.54) is 6.92 Å². The van der Waals surface area contributed by atoms with Crippen molar-refractivity contribution in [2.24, 2.45) is 0 Å². The predicted octanol–water partition coefficient (Wildman–Crippen LogP) is 1.63. The average molecular weight is 236 g/mol. The number of pyridine rings is 1. The van der Waals surface area contributed by atoms with E-state index in [9.17, 15) is 28.1 Å². The Kier molecular flexibility index (Phi) is 3.02. The van der Waals surface area contributed by atoms with Crippen LogP contribution in [0.3, 0.4) is 0 Å². The van der Waals surface area contributed by atoms with Crippen LogP contribution in [-0.4, -0.2) is 15.7 Å². The Hall–Kier alpha value is -1.86. The average Bonchev–Trinajstić information content (AvgIpc) is 2.07. The van der Waals surface area contributed by atoms with Gasteiger partial charge in [0.2, 0.25) is 0 Å². The van der Waals surface area contributed by atoms with Crippen LogP contribution in [0.1, 0.15) is 5.56 Å². The van der Waals surface area contributed by atoms with Crippen molar-refractivity contribution in [3.05, 3.63) is 38.3 Å². The zero-order chi connectivity index (χ0) is 12.5. The van der Waals surface area contributed by atoms with Crippen molar-refractivity contribution in [2.75, 3.05) is 0 Å². The summed E-state index contributed by atoms with van der Waals surface area (Å²) in [6, 6.07) is 0.809. The molecule has 0 fully saturated rings. The maximum atomic E-state index is 12.0. The van der Waals surface area contributed by atoms with E-state index in [0.29, 0.717) is 6.20 Å². The number of nitrogens with zero attached hydrogens (tertiary/aromatic N) is 2. The monoisotopic (exact) mass is 236 g/mol. The van der Waals surface area contributed by atoms with E-state index in [-0.39, 0.29) is 10.1 Å². The van der Waals surface area contributed by atoms with Gasteiger partial charge in [0.05, 0.1) is 11.1 Å². The van der Waals surface area contributed by atoms with Crippen molar-refractivity contribution in [3.63, 3.8) is 0 Å². The summed E-state index contributed by atoms with van der Waals surface area (Å²) in [4.78, 5) is 20.8. The number of alkyl halides is 3. The summed E-state index contributed by atoms with van der Waals surface area (Å²) in [5.74, 6) is 0. The van der Waals surface area contributed by atoms with Gasteiger partial charge in [0, 0.05) is 11.6 Å². The quantitative estimate of drug-likeness (QED) is 0.579. The van der Waals surface area contributed by atoms with Crippen LogP contribution in [0.5, 0.6) is 0 Å². The molecule has 1 aromatic heterocycles. The summed E-state index contributed by atoms with van der Waals surface area (Å²) >= 11 is 0. The van der Waals surface area contributed by atoms with Gasteiger partial charge < -0.3 is 0 Å². The van der Waals surface area contributed by atoms with Crippen LogP contribution in [0.25, 0.3) is 0 Å². The van der Waals surface area contributed by atoms with Gasteiger partial charge in [-0.15, -0.1) is 0 Å². The van der Waals surface area contributed by atoms with Crippen molar-refractivity contribution >= 4 is 5.69 Å². The molecular formula is C8H7F3N2O3. The normalized spacial score (nSPS) is 11.5. The molecule has 0 saturated carbocycles. The van der Waals surface area contributed by atoms with E-state index in [4.69, 9.17) is 0 Å². The van der Waals surface area contributed by atoms with Gasteiger partial charge in [0.15, 0.2) is 0 Å². The molecule has 0 aliphatic carbocycles. The number of nitro groups is 1. The van der Waals surface area contributed by atoms with Gasteiger partial charge in [-0.1, -0.05) is 0 Å². The highest BCUT2D eigenvalue weighted by Crippen LogP contribution is 2.19. The van der Waals surface area contributed by atoms with Gasteiger partial charge >= 0.3 is 6.18 Å². The molecule has 0 bridgehead atoms. The highest BCUT2D eigenvalue weighted by molar-refractivity contribution is 5.35. The van der Waals surface area contributed by atoms with Gasteiger partial charge in [0.25, 0.3) is 11.2 Å². The van der Waals surface area contributed by atoms with Crippen molar-refractivity contribution in [1.82, 2.24) is 4.57 Å². The highest BCUT2D eigenvalue weighted by Gasteiger charge is 2.29. The third-order valence-corrected chi connectivity index (χ3v) is 1.85. The fourth-order valence-corrected chi connectivity index (χ4v) is 1.16. The number of aryl methyl sites for hydroxylation is 1. The Balaban J connectivity index is 3.26. The van der Waals surface area contributed by atoms with E-state index >= 15 is 0 Å². The lowest BCUT2D eigenvalue weighted by atomic mass is 10.2. The van der Waals surface area contributed by atoms with Crippen LogP contribution in [0.15, 0.2) is 17.1 Å². The summed E-state index contributed by atoms with van der Waals surface area (Å²) in [5.41, 5.74) is -1.39. The van der Waals surface area contributed by atoms with Crippen LogP contribution in [-0.2, 0) is 6.54 Å². The Labute approximate surface area is 87.3 Å². The summed E-state index contributed by atoms with van der Waals surface area (Å²) in [6.45, 7) is -0.246. The first-order valence-electron chi connectivity index (χ1n) is 4.13. The minimum Gasteiger partial charge on any atom is -0.300 e. The summed E-state index contributed by atoms with van der Waals surface area (Å²) < 4.78 is 36.3. The lowest BCUT2D eigenvalue weighted by molar-refractivity contribution is -0.386. The molecule has 0 aromatic carbocycles. The van der Waals surface area contributed by atoms with E-state index in [1.54, 1.807) is 0 Å². The fraction of sp³-hybridized carbons (Fsp3) is 0.375. The standard InChI is InChI=1S/C8H7F3N2O3/c1-5-2-7(14)12(4-8(9,10)11)3-6(5)13(15)16/h2-3H,4H2,1H3. The maximum Gasteiger partial charge on any atom is 0.406 e. The lowest BCUT2D eigenvalue weighted by Crippen LogP contribution is -2.27. The van der Waals surface area contributed by atoms with Crippen molar-refractivity contribution < 1.29 is 18.1 Å². The lowest BCUT2D eigenvalue weighted by Gasteiger charge is -2.09. The molecule has 1 rings (SSSR count). The molecule has 0 saturated heterocycles. The number of rotatable bonds is 2. The summed E-state index contributed by atoms with van der Waals surface area (Å²) in [6.07, 6.45) is -3.99. The van der Waals surface area contributed by atoms with Crippen LogP contribution >= 0.6 is 0 Å². The van der Waals surface area contributed by atoms with Gasteiger partial charge in [0.1, 0.15) is 6.54 Å². The molecule has 0 N–H and O–H groups in total. The molecule has 8 heteroatoms. The minimum atomic E-state index is -4.59. The SMILES string of the molecule is Cc1cc(=O)n(CC(F)(F)F)cc1[N+](=O)[O-]. The molecule has 0 amide bonds. The van der Waals surface area contributed by atoms with Crippen molar-refractivity contribution in [1.29, 1.82) is 0 Å². The molecule has 0 aliphatic heterocycles. The molecule has 0 radical (unpaired) electrons. The van der Waals surface area contributed by atoms with E-state index in [0.717, 1.165) is 6.07 Å². The third kappa shape index (κ3) is 2.81. The van der Waals surface area contributed by atoms with Crippen LogP contribution < -0.4 is 5.56 Å². The van der Waals surface area contributed by atoms with Crippen LogP contribution in [0, 0.1) is 17.0 Å². The second-order valence-corrected chi connectivity index (χ2v) is 3.18. The first-order chi connectivity index (χ1) is 7.20. The van der Waals surface area contributed by atoms with Gasteiger partial charge in [-0.2, -0.15) is 13.2 Å². The van der Waals surface area contributed by atoms with E-state index in [1.807, 2.05) is 0 Å². The largest absolute Gasteiger partial charge is 0.406 e. The third-order valence-electron chi connectivity index (χ3n) is 1.85. The number of hydrogen-bond acceptors (Lipinski definition) is 3. The first kappa shape index (κ1) is 12.2. The van der Waals surface area contributed by atoms with E-state index in [2.05, 4.69) is 0 Å². The summed E-state index contributed by atoms with van der Waals surface area (Å²) in [5, 5.41) is 10.5. The van der Waals surface area contributed by atoms with Crippen LogP contribution in [0.4, 0.5) is 18.9 Å². The van der Waals surface area contributed by atoms with E-state index < -0.39 is 28.9 Å². The summed E-state index contributed by atoms with van der Waals surface area (Å²) in [7, 11) is 0. The topological polar surface area (TPSA) is 65.1 Å². The first-order valence-corrected chi connectivity index (χ1v) is 4.13. The Morgan fingerprint density at radius 2 is 2.06 bits per heavy atom. The maximum absolute atomic E-state index is 12.0. The Morgan fingerprint density at radius 3 is 2.50 bits per heavy atom. The van der Waals surface area contributed by atoms with Gasteiger partial charge in [-0.3, -0.25) is 19.5 Å². The second-order valence-electron chi connectivity index (χ2n) is 3.18. The molecule has 1 aromatic rings. The molecule has 0 spiro atoms. The number of halogens is 3. The van der Waals surface area contributed by atoms with Crippen molar-refractivity contribution in [3.8, 4) is 0 Å². The zero-order valence-electron chi connectivity index (χ0n) is 8.11. The molecule has 5 nitrogen and oxygen atoms in total. The highest BCUT2D eigenvalue weighted by atomic mass is 19.4. The Bertz CT molecular complexity index is 478. The molecule has 0 atom stereocenters. The smallest absolute Gasteiger partial charge is 0.300 e. The zero-order valence-corrected chi connectivity index (χ0v) is 8.11. The molecule has 0 aliphatic rings. The second kappa shape index (κ2) is 3.95. The van der Waals surface area contributed by atoms with Crippen LogP contribution in [0.2, 0.25) is 0 Å². The predicted molar refractivity (Wildman–Crippen MR) is 48.1 cm³/mol. The molecule has 88 valence electrons. The Morgan fingerprint density at radius 1 is 1.50 bits per heavy atom. The van der Waals surface area contributed by atoms with Gasteiger partial charge in [-0.25, -0.2) is 0 Å². The molecular weight excluding hydrogens is 229 g/mol. The fourth-order valence-electron chi connectivity index (χ4n) is 1.16. The molecule has 1 heterocycles. The number of hydrogen-bond donors (Lipinski definition) is 0.